The van der Waals surface area contributed by atoms with Gasteiger partial charge in [-0.3, -0.25) is 0 Å². The van der Waals surface area contributed by atoms with E-state index in [1.54, 1.807) is 0 Å². The zero-order chi connectivity index (χ0) is 35.6. The second-order valence-electron chi connectivity index (χ2n) is 13.7. The Bertz CT molecular complexity index is 3120. The zero-order valence-corrected chi connectivity index (χ0v) is 29.0. The Morgan fingerprint density at radius 2 is 1.06 bits per heavy atom. The summed E-state index contributed by atoms with van der Waals surface area (Å²) in [7, 11) is 0. The number of furan rings is 2. The second-order valence-corrected chi connectivity index (χ2v) is 13.7. The Hall–Kier alpha value is -7.24. The van der Waals surface area contributed by atoms with Crippen molar-refractivity contribution in [2.75, 3.05) is 0 Å². The number of benzene rings is 8. The lowest BCUT2D eigenvalue weighted by atomic mass is 9.92. The molecule has 3 heterocycles. The van der Waals surface area contributed by atoms with Crippen molar-refractivity contribution in [1.82, 2.24) is 5.32 Å². The van der Waals surface area contributed by atoms with Gasteiger partial charge in [0.2, 0.25) is 0 Å². The van der Waals surface area contributed by atoms with Gasteiger partial charge in [-0.15, -0.1) is 0 Å². The van der Waals surface area contributed by atoms with Gasteiger partial charge in [0.25, 0.3) is 0 Å². The van der Waals surface area contributed by atoms with Crippen LogP contribution in [-0.4, -0.2) is 11.7 Å². The highest BCUT2D eigenvalue weighted by Crippen LogP contribution is 2.44. The second kappa shape index (κ2) is 12.2. The van der Waals surface area contributed by atoms with Crippen LogP contribution < -0.4 is 5.32 Å². The molecule has 0 spiro atoms. The van der Waals surface area contributed by atoms with Crippen molar-refractivity contribution in [3.05, 3.63) is 193 Å². The molecule has 11 rings (SSSR count). The van der Waals surface area contributed by atoms with E-state index in [9.17, 15) is 0 Å². The van der Waals surface area contributed by atoms with Crippen molar-refractivity contribution in [1.29, 1.82) is 0 Å². The topological polar surface area (TPSA) is 63.0 Å². The van der Waals surface area contributed by atoms with Gasteiger partial charge in [0.05, 0.1) is 0 Å². The highest BCUT2D eigenvalue weighted by atomic mass is 16.3. The molecule has 0 saturated carbocycles. The van der Waals surface area contributed by atoms with Crippen molar-refractivity contribution in [2.24, 2.45) is 9.98 Å². The predicted octanol–water partition coefficient (Wildman–Crippen LogP) is 12.5. The number of hydrogen-bond acceptors (Lipinski definition) is 5. The first-order valence-corrected chi connectivity index (χ1v) is 18.2. The van der Waals surface area contributed by atoms with Crippen LogP contribution in [0.3, 0.4) is 0 Å². The van der Waals surface area contributed by atoms with Crippen LogP contribution >= 0.6 is 0 Å². The van der Waals surface area contributed by atoms with E-state index in [4.69, 9.17) is 18.8 Å². The molecule has 5 heteroatoms. The van der Waals surface area contributed by atoms with Gasteiger partial charge in [0.15, 0.2) is 5.84 Å². The fourth-order valence-electron chi connectivity index (χ4n) is 8.01. The van der Waals surface area contributed by atoms with Crippen LogP contribution in [-0.2, 0) is 0 Å². The molecule has 0 aliphatic carbocycles. The zero-order valence-electron chi connectivity index (χ0n) is 29.0. The Morgan fingerprint density at radius 3 is 1.89 bits per heavy atom. The minimum absolute atomic E-state index is 0.402. The largest absolute Gasteiger partial charge is 0.456 e. The van der Waals surface area contributed by atoms with Crippen molar-refractivity contribution >= 4 is 66.3 Å². The molecule has 1 unspecified atom stereocenters. The van der Waals surface area contributed by atoms with Gasteiger partial charge in [-0.05, 0) is 57.8 Å². The molecule has 54 heavy (non-hydrogen) atoms. The quantitative estimate of drug-likeness (QED) is 0.195. The van der Waals surface area contributed by atoms with E-state index in [0.717, 1.165) is 88.5 Å². The van der Waals surface area contributed by atoms with Crippen molar-refractivity contribution in [2.45, 2.75) is 6.17 Å². The first-order chi connectivity index (χ1) is 26.7. The van der Waals surface area contributed by atoms with E-state index in [-0.39, 0.29) is 0 Å². The third-order valence-corrected chi connectivity index (χ3v) is 10.5. The Kier molecular flexibility index (Phi) is 6.85. The minimum atomic E-state index is -0.402. The van der Waals surface area contributed by atoms with Crippen molar-refractivity contribution in [3.63, 3.8) is 0 Å². The minimum Gasteiger partial charge on any atom is -0.456 e. The molecule has 1 atom stereocenters. The van der Waals surface area contributed by atoms with Crippen LogP contribution in [0.4, 0.5) is 0 Å². The van der Waals surface area contributed by atoms with Gasteiger partial charge < -0.3 is 14.2 Å². The van der Waals surface area contributed by atoms with Gasteiger partial charge in [0.1, 0.15) is 34.3 Å². The maximum atomic E-state index is 6.69. The summed E-state index contributed by atoms with van der Waals surface area (Å²) in [6.45, 7) is 0. The molecule has 254 valence electrons. The van der Waals surface area contributed by atoms with Crippen LogP contribution in [0.5, 0.6) is 0 Å². The molecule has 0 saturated heterocycles. The first-order valence-electron chi connectivity index (χ1n) is 18.2. The van der Waals surface area contributed by atoms with Crippen LogP contribution in [0.25, 0.3) is 76.9 Å². The average Bonchev–Trinajstić information content (AvgIpc) is 3.81. The third kappa shape index (κ3) is 4.94. The summed E-state index contributed by atoms with van der Waals surface area (Å²) in [5.74, 6) is 1.45. The average molecular weight is 694 g/mol. The van der Waals surface area contributed by atoms with Crippen LogP contribution in [0.1, 0.15) is 22.9 Å². The number of aliphatic imine (C=N–C) groups is 2. The lowest BCUT2D eigenvalue weighted by Gasteiger charge is -2.24. The van der Waals surface area contributed by atoms with Gasteiger partial charge in [-0.25, -0.2) is 9.98 Å². The van der Waals surface area contributed by atoms with Crippen LogP contribution in [0, 0.1) is 0 Å². The molecule has 0 radical (unpaired) electrons. The van der Waals surface area contributed by atoms with E-state index in [0.29, 0.717) is 5.84 Å². The van der Waals surface area contributed by atoms with Crippen LogP contribution in [0.2, 0.25) is 0 Å². The summed E-state index contributed by atoms with van der Waals surface area (Å²) in [5.41, 5.74) is 10.9. The molecule has 10 aromatic rings. The molecule has 8 aromatic carbocycles. The number of amidine groups is 2. The molecule has 1 aliphatic heterocycles. The molecule has 0 amide bonds. The fourth-order valence-corrected chi connectivity index (χ4v) is 8.01. The standard InChI is InChI=1S/C49H31N3O2/c1-3-12-30(13-4-1)31-22-24-33(25-23-31)48-50-47(32-14-5-2-6-15-32)51-49(52-48)39-19-11-21-41-45(39)38-27-26-35(29-42(38)54-41)44-36-17-8-7-16-34(36)28-43-46(44)37-18-9-10-20-40(37)53-43/h1-29,49H,(H,50,51,52). The summed E-state index contributed by atoms with van der Waals surface area (Å²) >= 11 is 0. The van der Waals surface area contributed by atoms with E-state index in [1.807, 2.05) is 48.5 Å². The first kappa shape index (κ1) is 30.4. The maximum Gasteiger partial charge on any atom is 0.159 e. The number of rotatable bonds is 5. The molecule has 1 aliphatic rings. The maximum absolute atomic E-state index is 6.69. The number of fused-ring (bicyclic) bond motifs is 7. The predicted molar refractivity (Wildman–Crippen MR) is 221 cm³/mol. The summed E-state index contributed by atoms with van der Waals surface area (Å²) in [6.07, 6.45) is -0.402. The smallest absolute Gasteiger partial charge is 0.159 e. The summed E-state index contributed by atoms with van der Waals surface area (Å²) in [4.78, 5) is 10.3. The van der Waals surface area contributed by atoms with E-state index < -0.39 is 6.17 Å². The number of para-hydroxylation sites is 1. The van der Waals surface area contributed by atoms with Crippen molar-refractivity contribution in [3.8, 4) is 22.3 Å². The van der Waals surface area contributed by atoms with E-state index >= 15 is 0 Å². The van der Waals surface area contributed by atoms with Gasteiger partial charge >= 0.3 is 0 Å². The Labute approximate surface area is 310 Å². The summed E-state index contributed by atoms with van der Waals surface area (Å²) in [5, 5.41) is 10.3. The number of nitrogens with one attached hydrogen (secondary N) is 1. The monoisotopic (exact) mass is 693 g/mol. The molecule has 1 N–H and O–H groups in total. The molecule has 5 nitrogen and oxygen atoms in total. The number of nitrogens with zero attached hydrogens (tertiary/aromatic N) is 2. The Morgan fingerprint density at radius 1 is 0.426 bits per heavy atom. The van der Waals surface area contributed by atoms with E-state index in [2.05, 4.69) is 133 Å². The number of hydrogen-bond donors (Lipinski definition) is 1. The molecular weight excluding hydrogens is 663 g/mol. The molecule has 0 bridgehead atoms. The fraction of sp³-hybridized carbons (Fsp3) is 0.0204. The summed E-state index contributed by atoms with van der Waals surface area (Å²) in [6, 6.07) is 60.9. The lowest BCUT2D eigenvalue weighted by molar-refractivity contribution is 0.662. The SMILES string of the molecule is c1ccc(C2=NC(c3cccc4oc5cc(-c6c7ccccc7cc7oc8ccccc8c67)ccc5c34)NC(c3ccc(-c4ccccc4)cc3)=N2)cc1. The summed E-state index contributed by atoms with van der Waals surface area (Å²) < 4.78 is 13.1. The highest BCUT2D eigenvalue weighted by Gasteiger charge is 2.25. The molecular formula is C49H31N3O2. The normalized spacial score (nSPS) is 14.5. The lowest BCUT2D eigenvalue weighted by Crippen LogP contribution is -2.33. The molecule has 0 fully saturated rings. The van der Waals surface area contributed by atoms with E-state index in [1.165, 1.54) is 10.9 Å². The van der Waals surface area contributed by atoms with Crippen molar-refractivity contribution < 1.29 is 8.83 Å². The third-order valence-electron chi connectivity index (χ3n) is 10.5. The highest BCUT2D eigenvalue weighted by molar-refractivity contribution is 6.21. The van der Waals surface area contributed by atoms with Gasteiger partial charge in [-0.2, -0.15) is 0 Å². The van der Waals surface area contributed by atoms with Gasteiger partial charge in [-0.1, -0.05) is 146 Å². The van der Waals surface area contributed by atoms with Crippen LogP contribution in [0.15, 0.2) is 195 Å². The Balaban J connectivity index is 1.05. The molecule has 2 aromatic heterocycles. The van der Waals surface area contributed by atoms with Gasteiger partial charge in [0, 0.05) is 43.8 Å².